The van der Waals surface area contributed by atoms with Crippen LogP contribution in [0.3, 0.4) is 0 Å². The number of amides is 1. The number of azo groups is 1. The molecular weight excluding hydrogens is 491 g/mol. The first-order chi connectivity index (χ1) is 16.9. The van der Waals surface area contributed by atoms with Crippen LogP contribution in [0.1, 0.15) is 17.3 Å². The van der Waals surface area contributed by atoms with Crippen molar-refractivity contribution < 1.29 is 19.4 Å². The molecule has 0 fully saturated rings. The predicted molar refractivity (Wildman–Crippen MR) is 137 cm³/mol. The lowest BCUT2D eigenvalue weighted by Crippen LogP contribution is -2.30. The second-order valence-electron chi connectivity index (χ2n) is 7.37. The molecule has 3 aromatic rings. The van der Waals surface area contributed by atoms with Gasteiger partial charge in [0.05, 0.1) is 23.9 Å². The second-order valence-corrected chi connectivity index (χ2v) is 8.21. The van der Waals surface area contributed by atoms with E-state index in [2.05, 4.69) is 15.5 Å². The zero-order chi connectivity index (χ0) is 25.2. The third kappa shape index (κ3) is 7.78. The Kier molecular flexibility index (Phi) is 9.60. The topological polar surface area (TPSA) is 104 Å². The van der Waals surface area contributed by atoms with Crippen molar-refractivity contribution in [2.24, 2.45) is 10.2 Å². The van der Waals surface area contributed by atoms with Crippen LogP contribution in [-0.4, -0.2) is 43.3 Å². The summed E-state index contributed by atoms with van der Waals surface area (Å²) in [5, 5.41) is 21.7. The van der Waals surface area contributed by atoms with Crippen molar-refractivity contribution in [3.8, 4) is 0 Å². The van der Waals surface area contributed by atoms with Crippen LogP contribution in [0.15, 0.2) is 77.0 Å². The van der Waals surface area contributed by atoms with Gasteiger partial charge in [0.1, 0.15) is 18.0 Å². The van der Waals surface area contributed by atoms with Crippen LogP contribution in [0.25, 0.3) is 0 Å². The summed E-state index contributed by atoms with van der Waals surface area (Å²) in [7, 11) is 0. The molecule has 0 heterocycles. The maximum Gasteiger partial charge on any atom is 0.302 e. The van der Waals surface area contributed by atoms with E-state index in [1.807, 2.05) is 11.0 Å². The van der Waals surface area contributed by atoms with Crippen LogP contribution >= 0.6 is 23.2 Å². The van der Waals surface area contributed by atoms with Crippen LogP contribution in [0.4, 0.5) is 22.7 Å². The van der Waals surface area contributed by atoms with Crippen molar-refractivity contribution in [3.63, 3.8) is 0 Å². The zero-order valence-corrected chi connectivity index (χ0v) is 20.5. The van der Waals surface area contributed by atoms with Gasteiger partial charge in [-0.3, -0.25) is 9.59 Å². The molecule has 0 aliphatic rings. The molecular formula is C25H24Cl2N4O4. The van der Waals surface area contributed by atoms with Gasteiger partial charge in [-0.1, -0.05) is 41.4 Å². The number of carbonyl (C=O) groups excluding carboxylic acids is 2. The van der Waals surface area contributed by atoms with Gasteiger partial charge in [-0.25, -0.2) is 0 Å². The molecule has 10 heteroatoms. The summed E-state index contributed by atoms with van der Waals surface area (Å²) < 4.78 is 5.04. The number of esters is 1. The Morgan fingerprint density at radius 2 is 1.71 bits per heavy atom. The summed E-state index contributed by atoms with van der Waals surface area (Å²) in [6.45, 7) is 2.02. The van der Waals surface area contributed by atoms with E-state index in [4.69, 9.17) is 27.9 Å². The molecule has 0 unspecified atom stereocenters. The van der Waals surface area contributed by atoms with Gasteiger partial charge in [0.15, 0.2) is 0 Å². The van der Waals surface area contributed by atoms with Gasteiger partial charge in [-0.05, 0) is 48.5 Å². The lowest BCUT2D eigenvalue weighted by atomic mass is 10.2. The number of halogens is 2. The van der Waals surface area contributed by atoms with E-state index in [-0.39, 0.29) is 25.1 Å². The normalized spacial score (nSPS) is 10.9. The van der Waals surface area contributed by atoms with Crippen molar-refractivity contribution in [3.05, 3.63) is 82.3 Å². The smallest absolute Gasteiger partial charge is 0.302 e. The number of rotatable bonds is 10. The number of aliphatic hydroxyl groups is 1. The minimum Gasteiger partial charge on any atom is -0.464 e. The van der Waals surface area contributed by atoms with E-state index in [0.717, 1.165) is 0 Å². The van der Waals surface area contributed by atoms with E-state index in [0.29, 0.717) is 51.4 Å². The Labute approximate surface area is 213 Å². The van der Waals surface area contributed by atoms with Gasteiger partial charge in [0, 0.05) is 29.7 Å². The Morgan fingerprint density at radius 1 is 0.971 bits per heavy atom. The summed E-state index contributed by atoms with van der Waals surface area (Å²) in [5.41, 5.74) is 2.33. The molecule has 0 saturated carbocycles. The molecule has 0 atom stereocenters. The third-order valence-electron chi connectivity index (χ3n) is 4.84. The van der Waals surface area contributed by atoms with Crippen molar-refractivity contribution in [2.75, 3.05) is 36.5 Å². The van der Waals surface area contributed by atoms with Gasteiger partial charge in [0.25, 0.3) is 5.91 Å². The number of nitrogens with zero attached hydrogens (tertiary/aromatic N) is 3. The molecule has 35 heavy (non-hydrogen) atoms. The fourth-order valence-corrected chi connectivity index (χ4v) is 3.47. The number of hydrogen-bond acceptors (Lipinski definition) is 7. The van der Waals surface area contributed by atoms with E-state index in [9.17, 15) is 14.7 Å². The highest BCUT2D eigenvalue weighted by Crippen LogP contribution is 2.34. The molecule has 182 valence electrons. The fraction of sp³-hybridized carbons (Fsp3) is 0.200. The molecule has 0 bridgehead atoms. The first-order valence-corrected chi connectivity index (χ1v) is 11.5. The highest BCUT2D eigenvalue weighted by atomic mass is 35.5. The van der Waals surface area contributed by atoms with Gasteiger partial charge < -0.3 is 20.1 Å². The summed E-state index contributed by atoms with van der Waals surface area (Å²) in [6.07, 6.45) is 0. The molecule has 0 aliphatic carbocycles. The minimum atomic E-state index is -0.389. The third-order valence-corrected chi connectivity index (χ3v) is 5.39. The SMILES string of the molecule is CC(=O)OCCN(CCO)c1ccc(N=Nc2cc(Cl)ccc2Cl)c(NC(=O)c2ccccc2)c1. The molecule has 0 spiro atoms. The Balaban J connectivity index is 1.95. The molecule has 3 rings (SSSR count). The average Bonchev–Trinajstić information content (AvgIpc) is 2.85. The number of benzene rings is 3. The summed E-state index contributed by atoms with van der Waals surface area (Å²) in [4.78, 5) is 25.8. The maximum absolute atomic E-state index is 12.9. The average molecular weight is 515 g/mol. The largest absolute Gasteiger partial charge is 0.464 e. The Bertz CT molecular complexity index is 1210. The van der Waals surface area contributed by atoms with Crippen molar-refractivity contribution >= 4 is 57.8 Å². The number of nitrogens with one attached hydrogen (secondary N) is 1. The lowest BCUT2D eigenvalue weighted by molar-refractivity contribution is -0.140. The second kappa shape index (κ2) is 12.9. The van der Waals surface area contributed by atoms with Crippen molar-refractivity contribution in [2.45, 2.75) is 6.92 Å². The molecule has 8 nitrogen and oxygen atoms in total. The van der Waals surface area contributed by atoms with Crippen molar-refractivity contribution in [1.29, 1.82) is 0 Å². The van der Waals surface area contributed by atoms with E-state index < -0.39 is 0 Å². The summed E-state index contributed by atoms with van der Waals surface area (Å²) in [6, 6.07) is 18.8. The van der Waals surface area contributed by atoms with Crippen molar-refractivity contribution in [1.82, 2.24) is 0 Å². The van der Waals surface area contributed by atoms with Crippen LogP contribution < -0.4 is 10.2 Å². The van der Waals surface area contributed by atoms with E-state index in [1.165, 1.54) is 6.92 Å². The molecule has 0 aromatic heterocycles. The zero-order valence-electron chi connectivity index (χ0n) is 18.9. The molecule has 0 radical (unpaired) electrons. The highest BCUT2D eigenvalue weighted by Gasteiger charge is 2.14. The number of aliphatic hydroxyl groups excluding tert-OH is 1. The molecule has 1 amide bonds. The highest BCUT2D eigenvalue weighted by molar-refractivity contribution is 6.35. The van der Waals surface area contributed by atoms with E-state index in [1.54, 1.807) is 60.7 Å². The van der Waals surface area contributed by atoms with Crippen LogP contribution in [0.5, 0.6) is 0 Å². The monoisotopic (exact) mass is 514 g/mol. The number of ether oxygens (including phenoxy) is 1. The first-order valence-electron chi connectivity index (χ1n) is 10.7. The van der Waals surface area contributed by atoms with Gasteiger partial charge >= 0.3 is 5.97 Å². The number of carbonyl (C=O) groups is 2. The predicted octanol–water partition coefficient (Wildman–Crippen LogP) is 6.02. The summed E-state index contributed by atoms with van der Waals surface area (Å²) in [5.74, 6) is -0.714. The Hall–Kier alpha value is -3.46. The quantitative estimate of drug-likeness (QED) is 0.254. The van der Waals surface area contributed by atoms with Crippen LogP contribution in [0.2, 0.25) is 10.0 Å². The summed E-state index contributed by atoms with van der Waals surface area (Å²) >= 11 is 12.2. The van der Waals surface area contributed by atoms with Crippen LogP contribution in [0, 0.1) is 0 Å². The molecule has 2 N–H and O–H groups in total. The standard InChI is InChI=1S/C25H24Cl2N4O4/c1-17(33)35-14-12-31(11-13-32)20-8-10-22(29-30-23-15-19(26)7-9-21(23)27)24(16-20)28-25(34)18-5-3-2-4-6-18/h2-10,15-16,32H,11-14H2,1H3,(H,28,34). The maximum atomic E-state index is 12.9. The molecule has 0 saturated heterocycles. The van der Waals surface area contributed by atoms with Gasteiger partial charge in [-0.2, -0.15) is 0 Å². The first kappa shape index (κ1) is 26.2. The molecule has 0 aliphatic heterocycles. The van der Waals surface area contributed by atoms with Gasteiger partial charge in [-0.15, -0.1) is 10.2 Å². The lowest BCUT2D eigenvalue weighted by Gasteiger charge is -2.24. The van der Waals surface area contributed by atoms with Crippen LogP contribution in [-0.2, 0) is 9.53 Å². The Morgan fingerprint density at radius 3 is 2.43 bits per heavy atom. The van der Waals surface area contributed by atoms with Gasteiger partial charge in [0.2, 0.25) is 0 Å². The minimum absolute atomic E-state index is 0.111. The number of anilines is 2. The fourth-order valence-electron chi connectivity index (χ4n) is 3.15. The number of hydrogen-bond donors (Lipinski definition) is 2. The van der Waals surface area contributed by atoms with E-state index >= 15 is 0 Å². The molecule has 3 aromatic carbocycles.